The lowest BCUT2D eigenvalue weighted by Gasteiger charge is -2.16. The number of amides is 1. The van der Waals surface area contributed by atoms with Crippen LogP contribution in [0.2, 0.25) is 0 Å². The smallest absolute Gasteiger partial charge is 0.418 e. The van der Waals surface area contributed by atoms with E-state index in [2.05, 4.69) is 0 Å². The van der Waals surface area contributed by atoms with Gasteiger partial charge < -0.3 is 14.5 Å². The first-order valence-electron chi connectivity index (χ1n) is 7.84. The van der Waals surface area contributed by atoms with Crippen molar-refractivity contribution in [3.05, 3.63) is 57.0 Å². The Morgan fingerprint density at radius 1 is 1.25 bits per heavy atom. The normalized spacial score (nSPS) is 12.4. The van der Waals surface area contributed by atoms with Crippen LogP contribution in [0.5, 0.6) is 0 Å². The Balaban J connectivity index is 2.18. The van der Waals surface area contributed by atoms with E-state index < -0.39 is 46.0 Å². The van der Waals surface area contributed by atoms with Gasteiger partial charge in [0.15, 0.2) is 6.10 Å². The predicted molar refractivity (Wildman–Crippen MR) is 89.8 cm³/mol. The second-order valence-corrected chi connectivity index (χ2v) is 5.85. The minimum atomic E-state index is -4.94. The van der Waals surface area contributed by atoms with Gasteiger partial charge in [-0.2, -0.15) is 13.2 Å². The number of aryl methyl sites for hydroxylation is 2. The van der Waals surface area contributed by atoms with E-state index in [1.54, 1.807) is 6.92 Å². The number of furan rings is 1. The first-order valence-corrected chi connectivity index (χ1v) is 7.84. The molecule has 0 saturated heterocycles. The summed E-state index contributed by atoms with van der Waals surface area (Å²) in [7, 11) is 0. The molecule has 1 aromatic carbocycles. The monoisotopic (exact) mass is 400 g/mol. The summed E-state index contributed by atoms with van der Waals surface area (Å²) in [6.45, 7) is 4.29. The molecule has 1 atom stereocenters. The van der Waals surface area contributed by atoms with Crippen molar-refractivity contribution in [1.82, 2.24) is 0 Å². The first-order chi connectivity index (χ1) is 12.9. The van der Waals surface area contributed by atoms with Gasteiger partial charge in [-0.15, -0.1) is 0 Å². The van der Waals surface area contributed by atoms with Crippen molar-refractivity contribution in [2.75, 3.05) is 5.32 Å². The average Bonchev–Trinajstić information content (AvgIpc) is 2.92. The maximum atomic E-state index is 13.2. The van der Waals surface area contributed by atoms with E-state index in [4.69, 9.17) is 9.15 Å². The third-order valence-corrected chi connectivity index (χ3v) is 3.69. The largest absolute Gasteiger partial charge is 0.466 e. The van der Waals surface area contributed by atoms with Gasteiger partial charge in [0.2, 0.25) is 0 Å². The number of benzene rings is 1. The van der Waals surface area contributed by atoms with Crippen LogP contribution < -0.4 is 5.32 Å². The Morgan fingerprint density at radius 2 is 1.89 bits per heavy atom. The van der Waals surface area contributed by atoms with Crippen LogP contribution in [0.3, 0.4) is 0 Å². The van der Waals surface area contributed by atoms with E-state index in [0.29, 0.717) is 11.8 Å². The van der Waals surface area contributed by atoms with Gasteiger partial charge in [-0.3, -0.25) is 14.9 Å². The van der Waals surface area contributed by atoms with Gasteiger partial charge in [0.05, 0.1) is 16.2 Å². The highest BCUT2D eigenvalue weighted by Gasteiger charge is 2.36. The fourth-order valence-corrected chi connectivity index (χ4v) is 2.33. The molecule has 2 rings (SSSR count). The summed E-state index contributed by atoms with van der Waals surface area (Å²) < 4.78 is 49.6. The molecular weight excluding hydrogens is 385 g/mol. The Hall–Kier alpha value is -3.37. The van der Waals surface area contributed by atoms with Gasteiger partial charge in [-0.05, 0) is 32.9 Å². The van der Waals surface area contributed by atoms with E-state index in [-0.39, 0.29) is 11.3 Å². The highest BCUT2D eigenvalue weighted by molar-refractivity contribution is 5.98. The third kappa shape index (κ3) is 4.67. The average molecular weight is 400 g/mol. The van der Waals surface area contributed by atoms with Gasteiger partial charge in [0.1, 0.15) is 17.1 Å². The number of nitro groups is 1. The molecule has 8 nitrogen and oxygen atoms in total. The SMILES string of the molecule is Cc1cc(C(=O)O[C@@H](C)C(=O)Nc2ccc([N+](=O)[O-])cc2C(F)(F)F)c(C)o1. The molecule has 0 aliphatic rings. The molecule has 0 bridgehead atoms. The van der Waals surface area contributed by atoms with Crippen molar-refractivity contribution in [2.45, 2.75) is 33.1 Å². The number of alkyl halides is 3. The molecule has 0 unspecified atom stereocenters. The molecule has 0 radical (unpaired) electrons. The highest BCUT2D eigenvalue weighted by Crippen LogP contribution is 2.37. The molecule has 1 amide bonds. The number of carbonyl (C=O) groups excluding carboxylic acids is 2. The lowest BCUT2D eigenvalue weighted by molar-refractivity contribution is -0.385. The summed E-state index contributed by atoms with van der Waals surface area (Å²) in [6.07, 6.45) is -6.38. The molecule has 1 N–H and O–H groups in total. The second kappa shape index (κ2) is 7.71. The molecule has 11 heteroatoms. The van der Waals surface area contributed by atoms with Crippen LogP contribution in [0.15, 0.2) is 28.7 Å². The van der Waals surface area contributed by atoms with E-state index in [1.165, 1.54) is 19.9 Å². The molecule has 0 spiro atoms. The quantitative estimate of drug-likeness (QED) is 0.461. The van der Waals surface area contributed by atoms with E-state index in [1.807, 2.05) is 5.32 Å². The zero-order chi connectivity index (χ0) is 21.2. The zero-order valence-electron chi connectivity index (χ0n) is 14.9. The number of hydrogen-bond acceptors (Lipinski definition) is 6. The van der Waals surface area contributed by atoms with Crippen LogP contribution in [-0.4, -0.2) is 22.9 Å². The Kier molecular flexibility index (Phi) is 5.76. The number of nitrogens with one attached hydrogen (secondary N) is 1. The van der Waals surface area contributed by atoms with Crippen LogP contribution in [0, 0.1) is 24.0 Å². The van der Waals surface area contributed by atoms with Crippen LogP contribution >= 0.6 is 0 Å². The van der Waals surface area contributed by atoms with Gasteiger partial charge in [0.25, 0.3) is 11.6 Å². The minimum absolute atomic E-state index is 0.0865. The first kappa shape index (κ1) is 20.9. The predicted octanol–water partition coefficient (Wildman–Crippen LogP) is 4.01. The Labute approximate surface area is 156 Å². The number of hydrogen-bond donors (Lipinski definition) is 1. The van der Waals surface area contributed by atoms with E-state index >= 15 is 0 Å². The molecule has 150 valence electrons. The molecule has 0 aliphatic carbocycles. The third-order valence-electron chi connectivity index (χ3n) is 3.69. The topological polar surface area (TPSA) is 112 Å². The van der Waals surface area contributed by atoms with Crippen molar-refractivity contribution in [1.29, 1.82) is 0 Å². The lowest BCUT2D eigenvalue weighted by Crippen LogP contribution is -2.30. The molecule has 1 aromatic heterocycles. The molecule has 0 saturated carbocycles. The van der Waals surface area contributed by atoms with Crippen molar-refractivity contribution in [2.24, 2.45) is 0 Å². The van der Waals surface area contributed by atoms with Crippen LogP contribution in [0.4, 0.5) is 24.5 Å². The number of nitrogens with zero attached hydrogens (tertiary/aromatic N) is 1. The van der Waals surface area contributed by atoms with Crippen LogP contribution in [-0.2, 0) is 15.7 Å². The summed E-state index contributed by atoms with van der Waals surface area (Å²) in [6, 6.07) is 3.29. The molecule has 0 aliphatic heterocycles. The molecule has 0 fully saturated rings. The van der Waals surface area contributed by atoms with E-state index in [0.717, 1.165) is 12.1 Å². The van der Waals surface area contributed by atoms with Gasteiger partial charge in [-0.1, -0.05) is 0 Å². The van der Waals surface area contributed by atoms with Crippen molar-refractivity contribution < 1.29 is 36.8 Å². The molecule has 1 heterocycles. The van der Waals surface area contributed by atoms with Gasteiger partial charge >= 0.3 is 12.1 Å². The second-order valence-electron chi connectivity index (χ2n) is 5.85. The number of carbonyl (C=O) groups is 2. The fraction of sp³-hybridized carbons (Fsp3) is 0.294. The van der Waals surface area contributed by atoms with Crippen molar-refractivity contribution in [3.63, 3.8) is 0 Å². The van der Waals surface area contributed by atoms with Gasteiger partial charge in [0, 0.05) is 12.1 Å². The number of non-ortho nitro benzene ring substituents is 1. The van der Waals surface area contributed by atoms with Crippen LogP contribution in [0.1, 0.15) is 34.4 Å². The summed E-state index contributed by atoms with van der Waals surface area (Å²) in [5.74, 6) is -1.20. The van der Waals surface area contributed by atoms with E-state index in [9.17, 15) is 32.9 Å². The Bertz CT molecular complexity index is 935. The Morgan fingerprint density at radius 3 is 2.39 bits per heavy atom. The molecular formula is C17H15F3N2O6. The highest BCUT2D eigenvalue weighted by atomic mass is 19.4. The summed E-state index contributed by atoms with van der Waals surface area (Å²) in [5, 5.41) is 12.7. The van der Waals surface area contributed by atoms with Gasteiger partial charge in [-0.25, -0.2) is 4.79 Å². The molecule has 28 heavy (non-hydrogen) atoms. The number of ether oxygens (including phenoxy) is 1. The lowest BCUT2D eigenvalue weighted by atomic mass is 10.1. The van der Waals surface area contributed by atoms with Crippen molar-refractivity contribution >= 4 is 23.3 Å². The van der Waals surface area contributed by atoms with Crippen molar-refractivity contribution in [3.8, 4) is 0 Å². The van der Waals surface area contributed by atoms with Crippen LogP contribution in [0.25, 0.3) is 0 Å². The fourth-order valence-electron chi connectivity index (χ4n) is 2.33. The summed E-state index contributed by atoms with van der Waals surface area (Å²) >= 11 is 0. The zero-order valence-corrected chi connectivity index (χ0v) is 14.9. The number of esters is 1. The minimum Gasteiger partial charge on any atom is -0.466 e. The maximum absolute atomic E-state index is 13.2. The molecule has 2 aromatic rings. The number of nitro benzene ring substituents is 1. The summed E-state index contributed by atoms with van der Waals surface area (Å²) in [5.41, 5.74) is -2.78. The standard InChI is InChI=1S/C17H15F3N2O6/c1-8-6-12(9(2)27-8)16(24)28-10(3)15(23)21-14-5-4-11(22(25)26)7-13(14)17(18,19)20/h4-7,10H,1-3H3,(H,21,23)/t10-/m0/s1. The maximum Gasteiger partial charge on any atom is 0.418 e. The summed E-state index contributed by atoms with van der Waals surface area (Å²) in [4.78, 5) is 33.9. The number of anilines is 1. The number of halogens is 3. The number of rotatable bonds is 5.